The van der Waals surface area contributed by atoms with E-state index < -0.39 is 0 Å². The highest BCUT2D eigenvalue weighted by molar-refractivity contribution is 8.13. The van der Waals surface area contributed by atoms with Gasteiger partial charge in [-0.25, -0.2) is 0 Å². The highest BCUT2D eigenvalue weighted by Crippen LogP contribution is 2.14. The maximum Gasteiger partial charge on any atom is 0.306 e. The lowest BCUT2D eigenvalue weighted by atomic mass is 10.0. The van der Waals surface area contributed by atoms with Crippen molar-refractivity contribution in [1.29, 1.82) is 0 Å². The van der Waals surface area contributed by atoms with Gasteiger partial charge in [-0.3, -0.25) is 9.59 Å². The van der Waals surface area contributed by atoms with E-state index in [2.05, 4.69) is 6.92 Å². The van der Waals surface area contributed by atoms with E-state index >= 15 is 0 Å². The molecular weight excluding hydrogens is 392 g/mol. The van der Waals surface area contributed by atoms with Crippen molar-refractivity contribution in [1.82, 2.24) is 0 Å². The molecule has 0 aliphatic carbocycles. The molecule has 0 atom stereocenters. The summed E-state index contributed by atoms with van der Waals surface area (Å²) in [6.45, 7) is 6.87. The van der Waals surface area contributed by atoms with E-state index in [1.807, 2.05) is 13.8 Å². The van der Waals surface area contributed by atoms with Gasteiger partial charge in [0, 0.05) is 12.2 Å². The highest BCUT2D eigenvalue weighted by Gasteiger charge is 2.08. The zero-order chi connectivity index (χ0) is 22.3. The zero-order valence-corrected chi connectivity index (χ0v) is 21.2. The molecule has 0 unspecified atom stereocenters. The smallest absolute Gasteiger partial charge is 0.306 e. The van der Waals surface area contributed by atoms with E-state index in [9.17, 15) is 9.59 Å². The Balaban J connectivity index is 3.20. The molecule has 0 aromatic carbocycles. The number of unbranched alkanes of at least 4 members (excludes halogenated alkanes) is 15. The van der Waals surface area contributed by atoms with Gasteiger partial charge in [0.15, 0.2) is 5.12 Å². The molecule has 0 aromatic rings. The molecule has 0 rings (SSSR count). The van der Waals surface area contributed by atoms with Crippen LogP contribution in [0.25, 0.3) is 0 Å². The van der Waals surface area contributed by atoms with Gasteiger partial charge in [0.1, 0.15) is 0 Å². The van der Waals surface area contributed by atoms with Gasteiger partial charge < -0.3 is 4.74 Å². The Morgan fingerprint density at radius 2 is 1.13 bits per heavy atom. The molecule has 0 heterocycles. The third-order valence-corrected chi connectivity index (χ3v) is 6.30. The fourth-order valence-electron chi connectivity index (χ4n) is 3.55. The number of thioether (sulfide) groups is 1. The molecular formula is C26H50O3S. The van der Waals surface area contributed by atoms with Crippen LogP contribution in [0.1, 0.15) is 136 Å². The Bertz CT molecular complexity index is 396. The number of carbonyl (C=O) groups is 2. The SMILES string of the molecule is CCCCCCCCCCCCCCCCCCOC(=O)CCSC(=O)CC(C)C. The topological polar surface area (TPSA) is 43.4 Å². The monoisotopic (exact) mass is 442 g/mol. The molecule has 0 spiro atoms. The van der Waals surface area contributed by atoms with Crippen LogP contribution in [0, 0.1) is 5.92 Å². The van der Waals surface area contributed by atoms with Gasteiger partial charge >= 0.3 is 5.97 Å². The van der Waals surface area contributed by atoms with E-state index in [4.69, 9.17) is 4.74 Å². The molecule has 4 heteroatoms. The minimum absolute atomic E-state index is 0.166. The van der Waals surface area contributed by atoms with Gasteiger partial charge in [0.2, 0.25) is 0 Å². The summed E-state index contributed by atoms with van der Waals surface area (Å²) in [7, 11) is 0. The normalized spacial score (nSPS) is 11.2. The van der Waals surface area contributed by atoms with Gasteiger partial charge in [-0.1, -0.05) is 129 Å². The number of hydrogen-bond donors (Lipinski definition) is 0. The van der Waals surface area contributed by atoms with E-state index in [0.717, 1.165) is 12.8 Å². The molecule has 0 aliphatic heterocycles. The summed E-state index contributed by atoms with van der Waals surface area (Å²) in [6.07, 6.45) is 22.4. The lowest BCUT2D eigenvalue weighted by Gasteiger charge is -2.06. The predicted molar refractivity (Wildman–Crippen MR) is 132 cm³/mol. The van der Waals surface area contributed by atoms with Crippen molar-refractivity contribution in [3.8, 4) is 0 Å². The Labute approximate surface area is 191 Å². The first kappa shape index (κ1) is 29.5. The highest BCUT2D eigenvalue weighted by atomic mass is 32.2. The van der Waals surface area contributed by atoms with Gasteiger partial charge in [-0.2, -0.15) is 0 Å². The molecule has 0 amide bonds. The first-order chi connectivity index (χ1) is 14.6. The first-order valence-corrected chi connectivity index (χ1v) is 13.9. The summed E-state index contributed by atoms with van der Waals surface area (Å²) in [4.78, 5) is 23.2. The van der Waals surface area contributed by atoms with Crippen LogP contribution in [0.5, 0.6) is 0 Å². The van der Waals surface area contributed by atoms with Crippen molar-refractivity contribution in [2.24, 2.45) is 5.92 Å². The number of esters is 1. The number of rotatable bonds is 22. The van der Waals surface area contributed by atoms with Crippen LogP contribution in [0.2, 0.25) is 0 Å². The molecule has 0 radical (unpaired) electrons. The third kappa shape index (κ3) is 23.8. The lowest BCUT2D eigenvalue weighted by Crippen LogP contribution is -2.08. The van der Waals surface area contributed by atoms with Gasteiger partial charge in [0.25, 0.3) is 0 Å². The summed E-state index contributed by atoms with van der Waals surface area (Å²) >= 11 is 1.26. The fraction of sp³-hybridized carbons (Fsp3) is 0.923. The number of hydrogen-bond acceptors (Lipinski definition) is 4. The maximum absolute atomic E-state index is 11.7. The molecule has 0 saturated heterocycles. The van der Waals surface area contributed by atoms with Crippen LogP contribution in [0.4, 0.5) is 0 Å². The molecule has 3 nitrogen and oxygen atoms in total. The van der Waals surface area contributed by atoms with Crippen molar-refractivity contribution in [3.63, 3.8) is 0 Å². The average Bonchev–Trinajstić information content (AvgIpc) is 2.69. The second-order valence-electron chi connectivity index (χ2n) is 9.09. The van der Waals surface area contributed by atoms with Gasteiger partial charge in [-0.05, 0) is 12.3 Å². The molecule has 0 bridgehead atoms. The quantitative estimate of drug-likeness (QED) is 0.124. The molecule has 0 aliphatic rings. The molecule has 0 fully saturated rings. The minimum atomic E-state index is -0.166. The maximum atomic E-state index is 11.7. The van der Waals surface area contributed by atoms with E-state index in [1.165, 1.54) is 102 Å². The van der Waals surface area contributed by atoms with Crippen molar-refractivity contribution < 1.29 is 14.3 Å². The Morgan fingerprint density at radius 3 is 1.57 bits per heavy atom. The second-order valence-corrected chi connectivity index (χ2v) is 10.2. The number of carbonyl (C=O) groups excluding carboxylic acids is 2. The molecule has 178 valence electrons. The predicted octanol–water partition coefficient (Wildman–Crippen LogP) is 8.49. The molecule has 30 heavy (non-hydrogen) atoms. The van der Waals surface area contributed by atoms with E-state index in [1.54, 1.807) is 0 Å². The summed E-state index contributed by atoms with van der Waals surface area (Å²) < 4.78 is 5.26. The lowest BCUT2D eigenvalue weighted by molar-refractivity contribution is -0.143. The summed E-state index contributed by atoms with van der Waals surface area (Å²) in [5.41, 5.74) is 0. The van der Waals surface area contributed by atoms with Crippen molar-refractivity contribution in [3.05, 3.63) is 0 Å². The second kappa shape index (κ2) is 23.2. The Morgan fingerprint density at radius 1 is 0.700 bits per heavy atom. The van der Waals surface area contributed by atoms with Crippen LogP contribution < -0.4 is 0 Å². The third-order valence-electron chi connectivity index (χ3n) is 5.41. The minimum Gasteiger partial charge on any atom is -0.466 e. The van der Waals surface area contributed by atoms with Crippen LogP contribution in [0.3, 0.4) is 0 Å². The molecule has 0 N–H and O–H groups in total. The Kier molecular flexibility index (Phi) is 22.8. The molecule has 0 saturated carbocycles. The molecule has 0 aromatic heterocycles. The van der Waals surface area contributed by atoms with E-state index in [-0.39, 0.29) is 11.1 Å². The summed E-state index contributed by atoms with van der Waals surface area (Å²) in [6, 6.07) is 0. The van der Waals surface area contributed by atoms with Crippen LogP contribution in [-0.2, 0) is 14.3 Å². The van der Waals surface area contributed by atoms with Crippen molar-refractivity contribution in [2.45, 2.75) is 136 Å². The summed E-state index contributed by atoms with van der Waals surface area (Å²) in [5, 5.41) is 0.176. The number of ether oxygens (including phenoxy) is 1. The standard InChI is InChI=1S/C26H50O3S/c1-4-5-6-7-8-9-10-11-12-13-14-15-16-17-18-19-21-29-25(27)20-22-30-26(28)23-24(2)3/h24H,4-23H2,1-3H3. The largest absolute Gasteiger partial charge is 0.466 e. The van der Waals surface area contributed by atoms with E-state index in [0.29, 0.717) is 31.1 Å². The van der Waals surface area contributed by atoms with Crippen LogP contribution in [-0.4, -0.2) is 23.4 Å². The van der Waals surface area contributed by atoms with Crippen molar-refractivity contribution in [2.75, 3.05) is 12.4 Å². The average molecular weight is 443 g/mol. The van der Waals surface area contributed by atoms with Gasteiger partial charge in [-0.15, -0.1) is 0 Å². The van der Waals surface area contributed by atoms with Crippen molar-refractivity contribution >= 4 is 22.8 Å². The van der Waals surface area contributed by atoms with Crippen LogP contribution >= 0.6 is 11.8 Å². The zero-order valence-electron chi connectivity index (χ0n) is 20.4. The Hall–Kier alpha value is -0.510. The summed E-state index contributed by atoms with van der Waals surface area (Å²) in [5.74, 6) is 0.760. The fourth-order valence-corrected chi connectivity index (χ4v) is 4.50. The first-order valence-electron chi connectivity index (χ1n) is 12.9. The van der Waals surface area contributed by atoms with Crippen LogP contribution in [0.15, 0.2) is 0 Å². The van der Waals surface area contributed by atoms with Gasteiger partial charge in [0.05, 0.1) is 13.0 Å².